The minimum atomic E-state index is -0.410. The first-order valence-corrected chi connectivity index (χ1v) is 6.80. The van der Waals surface area contributed by atoms with Crippen LogP contribution < -0.4 is 15.4 Å². The number of anilines is 1. The number of likely N-dealkylation sites (N-methyl/N-ethyl adjacent to an activating group) is 1. The van der Waals surface area contributed by atoms with Gasteiger partial charge < -0.3 is 15.4 Å². The van der Waals surface area contributed by atoms with Crippen molar-refractivity contribution in [3.05, 3.63) is 23.8 Å². The number of ether oxygens (including phenoxy) is 1. The van der Waals surface area contributed by atoms with Crippen molar-refractivity contribution in [1.29, 1.82) is 0 Å². The molecule has 19 heavy (non-hydrogen) atoms. The fourth-order valence-electron chi connectivity index (χ4n) is 2.96. The predicted molar refractivity (Wildman–Crippen MR) is 74.5 cm³/mol. The summed E-state index contributed by atoms with van der Waals surface area (Å²) in [4.78, 5) is 13.7. The van der Waals surface area contributed by atoms with Gasteiger partial charge in [0.25, 0.3) is 5.91 Å². The molecule has 2 aliphatic rings. The lowest BCUT2D eigenvalue weighted by molar-refractivity contribution is -0.125. The van der Waals surface area contributed by atoms with Gasteiger partial charge in [0.15, 0.2) is 6.10 Å². The topological polar surface area (TPSA) is 55.6 Å². The number of nitrogens with two attached hydrogens (primary N) is 1. The van der Waals surface area contributed by atoms with Crippen molar-refractivity contribution in [3.8, 4) is 5.75 Å². The van der Waals surface area contributed by atoms with Crippen molar-refractivity contribution in [2.45, 2.75) is 44.2 Å². The van der Waals surface area contributed by atoms with Crippen LogP contribution in [0.3, 0.4) is 0 Å². The molecule has 1 aromatic carbocycles. The van der Waals surface area contributed by atoms with E-state index in [0.717, 1.165) is 24.3 Å². The molecule has 2 unspecified atom stereocenters. The van der Waals surface area contributed by atoms with Crippen LogP contribution in [-0.4, -0.2) is 25.1 Å². The highest BCUT2D eigenvalue weighted by molar-refractivity contribution is 5.99. The molecule has 1 aliphatic carbocycles. The van der Waals surface area contributed by atoms with Crippen molar-refractivity contribution in [2.75, 3.05) is 11.9 Å². The van der Waals surface area contributed by atoms with Gasteiger partial charge in [-0.05, 0) is 44.4 Å². The van der Waals surface area contributed by atoms with Crippen LogP contribution in [0.25, 0.3) is 0 Å². The molecule has 0 saturated heterocycles. The van der Waals surface area contributed by atoms with Gasteiger partial charge >= 0.3 is 0 Å². The first-order chi connectivity index (χ1) is 8.95. The van der Waals surface area contributed by atoms with Crippen molar-refractivity contribution >= 4 is 11.6 Å². The van der Waals surface area contributed by atoms with E-state index in [2.05, 4.69) is 19.1 Å². The van der Waals surface area contributed by atoms with Gasteiger partial charge in [0.2, 0.25) is 0 Å². The summed E-state index contributed by atoms with van der Waals surface area (Å²) in [5.41, 5.74) is 8.29. The van der Waals surface area contributed by atoms with Crippen LogP contribution in [0.5, 0.6) is 5.75 Å². The summed E-state index contributed by atoms with van der Waals surface area (Å²) in [5.74, 6) is 0.772. The maximum atomic E-state index is 12.0. The molecule has 1 aliphatic heterocycles. The van der Waals surface area contributed by atoms with Crippen LogP contribution in [0.1, 0.15) is 32.3 Å². The quantitative estimate of drug-likeness (QED) is 0.882. The van der Waals surface area contributed by atoms with Crippen LogP contribution in [0.2, 0.25) is 0 Å². The highest BCUT2D eigenvalue weighted by Crippen LogP contribution is 2.52. The molecule has 1 heterocycles. The van der Waals surface area contributed by atoms with E-state index in [1.54, 1.807) is 18.9 Å². The Morgan fingerprint density at radius 3 is 2.74 bits per heavy atom. The molecule has 0 bridgehead atoms. The summed E-state index contributed by atoms with van der Waals surface area (Å²) < 4.78 is 5.64. The van der Waals surface area contributed by atoms with Crippen LogP contribution in [0.4, 0.5) is 5.69 Å². The Balaban J connectivity index is 2.03. The van der Waals surface area contributed by atoms with Crippen molar-refractivity contribution in [2.24, 2.45) is 5.73 Å². The van der Waals surface area contributed by atoms with Gasteiger partial charge in [0.1, 0.15) is 5.75 Å². The molecule has 0 radical (unpaired) electrons. The number of carbonyl (C=O) groups is 1. The van der Waals surface area contributed by atoms with Crippen molar-refractivity contribution < 1.29 is 9.53 Å². The van der Waals surface area contributed by atoms with Crippen LogP contribution >= 0.6 is 0 Å². The Hall–Kier alpha value is -1.55. The zero-order valence-corrected chi connectivity index (χ0v) is 11.6. The number of benzene rings is 1. The standard InChI is InChI=1S/C15H20N2O2/c1-9-14(18)17(3)12-8-11(4-5-13(12)19-9)15(6-7-15)10(2)16/h4-5,8-10H,6-7,16H2,1-3H3. The summed E-state index contributed by atoms with van der Waals surface area (Å²) in [7, 11) is 1.80. The first-order valence-electron chi connectivity index (χ1n) is 6.80. The molecule has 4 nitrogen and oxygen atoms in total. The molecule has 2 N–H and O–H groups in total. The molecule has 1 aromatic rings. The zero-order valence-electron chi connectivity index (χ0n) is 11.6. The Kier molecular flexibility index (Phi) is 2.61. The smallest absolute Gasteiger partial charge is 0.267 e. The molecule has 1 fully saturated rings. The van der Waals surface area contributed by atoms with E-state index in [0.29, 0.717) is 0 Å². The Morgan fingerprint density at radius 2 is 2.16 bits per heavy atom. The number of hydrogen-bond donors (Lipinski definition) is 1. The van der Waals surface area contributed by atoms with Gasteiger partial charge in [-0.3, -0.25) is 4.79 Å². The average molecular weight is 260 g/mol. The third-order valence-electron chi connectivity index (χ3n) is 4.54. The highest BCUT2D eigenvalue weighted by Gasteiger charge is 2.48. The van der Waals surface area contributed by atoms with Gasteiger partial charge in [-0.25, -0.2) is 0 Å². The first kappa shape index (κ1) is 12.5. The molecule has 0 aromatic heterocycles. The fraction of sp³-hybridized carbons (Fsp3) is 0.533. The number of rotatable bonds is 2. The molecular formula is C15H20N2O2. The van der Waals surface area contributed by atoms with Gasteiger partial charge in [0.05, 0.1) is 5.69 Å². The normalized spacial score (nSPS) is 25.6. The average Bonchev–Trinajstić information content (AvgIpc) is 3.17. The monoisotopic (exact) mass is 260 g/mol. The van der Waals surface area contributed by atoms with Crippen LogP contribution in [0.15, 0.2) is 18.2 Å². The number of amides is 1. The lowest BCUT2D eigenvalue weighted by atomic mass is 9.89. The summed E-state index contributed by atoms with van der Waals surface area (Å²) in [6.45, 7) is 3.83. The van der Waals surface area contributed by atoms with Gasteiger partial charge in [-0.2, -0.15) is 0 Å². The zero-order chi connectivity index (χ0) is 13.8. The summed E-state index contributed by atoms with van der Waals surface area (Å²) in [6, 6.07) is 6.25. The van der Waals surface area contributed by atoms with E-state index >= 15 is 0 Å². The van der Waals surface area contributed by atoms with Crippen molar-refractivity contribution in [1.82, 2.24) is 0 Å². The molecule has 4 heteroatoms. The lowest BCUT2D eigenvalue weighted by Gasteiger charge is -2.31. The van der Waals surface area contributed by atoms with Gasteiger partial charge in [-0.15, -0.1) is 0 Å². The molecule has 102 valence electrons. The molecule has 1 saturated carbocycles. The third-order valence-corrected chi connectivity index (χ3v) is 4.54. The summed E-state index contributed by atoms with van der Waals surface area (Å²) >= 11 is 0. The van der Waals surface area contributed by atoms with E-state index in [9.17, 15) is 4.79 Å². The molecule has 3 rings (SSSR count). The van der Waals surface area contributed by atoms with E-state index < -0.39 is 6.10 Å². The largest absolute Gasteiger partial charge is 0.479 e. The fourth-order valence-corrected chi connectivity index (χ4v) is 2.96. The molecule has 0 spiro atoms. The third kappa shape index (κ3) is 1.74. The number of fused-ring (bicyclic) bond motifs is 1. The molecule has 2 atom stereocenters. The Labute approximate surface area is 113 Å². The second-order valence-electron chi connectivity index (χ2n) is 5.78. The number of carbonyl (C=O) groups excluding carboxylic acids is 1. The minimum absolute atomic E-state index is 0.00436. The molecule has 1 amide bonds. The van der Waals surface area contributed by atoms with Crippen LogP contribution in [0, 0.1) is 0 Å². The lowest BCUT2D eigenvalue weighted by Crippen LogP contribution is -2.42. The SMILES string of the molecule is CC1Oc2ccc(C3(C(C)N)CC3)cc2N(C)C1=O. The summed E-state index contributed by atoms with van der Waals surface area (Å²) in [6.07, 6.45) is 1.84. The molecular weight excluding hydrogens is 240 g/mol. The van der Waals surface area contributed by atoms with Crippen LogP contribution in [-0.2, 0) is 10.2 Å². The van der Waals surface area contributed by atoms with Crippen molar-refractivity contribution in [3.63, 3.8) is 0 Å². The maximum absolute atomic E-state index is 12.0. The van der Waals surface area contributed by atoms with E-state index in [4.69, 9.17) is 10.5 Å². The minimum Gasteiger partial charge on any atom is -0.479 e. The Morgan fingerprint density at radius 1 is 1.47 bits per heavy atom. The van der Waals surface area contributed by atoms with E-state index in [1.165, 1.54) is 5.56 Å². The van der Waals surface area contributed by atoms with E-state index in [1.807, 2.05) is 6.07 Å². The number of nitrogens with zero attached hydrogens (tertiary/aromatic N) is 1. The Bertz CT molecular complexity index is 535. The predicted octanol–water partition coefficient (Wildman–Crippen LogP) is 1.81. The summed E-state index contributed by atoms with van der Waals surface area (Å²) in [5, 5.41) is 0. The van der Waals surface area contributed by atoms with E-state index in [-0.39, 0.29) is 17.4 Å². The highest BCUT2D eigenvalue weighted by atomic mass is 16.5. The number of hydrogen-bond acceptors (Lipinski definition) is 3. The second kappa shape index (κ2) is 3.97. The van der Waals surface area contributed by atoms with Gasteiger partial charge in [-0.1, -0.05) is 6.07 Å². The second-order valence-corrected chi connectivity index (χ2v) is 5.78. The maximum Gasteiger partial charge on any atom is 0.267 e. The van der Waals surface area contributed by atoms with Gasteiger partial charge in [0, 0.05) is 18.5 Å².